The molecule has 2 aromatic rings. The SMILES string of the molecule is Cn1cc(C#Cc2cc(C(=O)N[C@H](CO)CCOC(F)(F)F)ccc2OC(F)F)cn1. The Hall–Kier alpha value is -3.17. The van der Waals surface area contributed by atoms with E-state index >= 15 is 0 Å². The molecular weight excluding hydrogens is 429 g/mol. The molecule has 168 valence electrons. The number of halogens is 5. The molecule has 1 aromatic carbocycles. The normalized spacial score (nSPS) is 12.3. The van der Waals surface area contributed by atoms with Gasteiger partial charge >= 0.3 is 13.0 Å². The molecule has 1 atom stereocenters. The number of alkyl halides is 5. The monoisotopic (exact) mass is 447 g/mol. The zero-order valence-corrected chi connectivity index (χ0v) is 16.1. The maximum absolute atomic E-state index is 12.7. The molecule has 7 nitrogen and oxygen atoms in total. The third kappa shape index (κ3) is 8.23. The summed E-state index contributed by atoms with van der Waals surface area (Å²) in [4.78, 5) is 12.4. The van der Waals surface area contributed by atoms with Gasteiger partial charge in [-0.25, -0.2) is 0 Å². The third-order valence-corrected chi connectivity index (χ3v) is 3.79. The van der Waals surface area contributed by atoms with Gasteiger partial charge in [-0.15, -0.1) is 13.2 Å². The molecular formula is C19H18F5N3O4. The lowest BCUT2D eigenvalue weighted by Gasteiger charge is -2.17. The van der Waals surface area contributed by atoms with Crippen LogP contribution in [0.3, 0.4) is 0 Å². The van der Waals surface area contributed by atoms with E-state index in [0.717, 1.165) is 6.07 Å². The number of nitrogens with one attached hydrogen (secondary N) is 1. The number of amides is 1. The van der Waals surface area contributed by atoms with Crippen LogP contribution < -0.4 is 10.1 Å². The smallest absolute Gasteiger partial charge is 0.434 e. The van der Waals surface area contributed by atoms with E-state index < -0.39 is 38.1 Å². The quantitative estimate of drug-likeness (QED) is 0.480. The Morgan fingerprint density at radius 3 is 2.65 bits per heavy atom. The Bertz CT molecular complexity index is 950. The van der Waals surface area contributed by atoms with Crippen LogP contribution in [0.1, 0.15) is 27.9 Å². The number of hydrogen-bond donors (Lipinski definition) is 2. The largest absolute Gasteiger partial charge is 0.522 e. The summed E-state index contributed by atoms with van der Waals surface area (Å²) in [5.41, 5.74) is 0.454. The van der Waals surface area contributed by atoms with Crippen molar-refractivity contribution >= 4 is 5.91 Å². The van der Waals surface area contributed by atoms with Gasteiger partial charge in [0.1, 0.15) is 5.75 Å². The summed E-state index contributed by atoms with van der Waals surface area (Å²) < 4.78 is 71.0. The zero-order valence-electron chi connectivity index (χ0n) is 16.1. The highest BCUT2D eigenvalue weighted by Gasteiger charge is 2.29. The molecule has 0 aliphatic carbocycles. The minimum Gasteiger partial charge on any atom is -0.434 e. The first-order valence-corrected chi connectivity index (χ1v) is 8.79. The molecule has 0 saturated carbocycles. The van der Waals surface area contributed by atoms with Gasteiger partial charge in [0.05, 0.1) is 36.6 Å². The molecule has 2 N–H and O–H groups in total. The van der Waals surface area contributed by atoms with E-state index in [1.54, 1.807) is 13.2 Å². The summed E-state index contributed by atoms with van der Waals surface area (Å²) in [6, 6.07) is 2.48. The molecule has 0 radical (unpaired) electrons. The average Bonchev–Trinajstić information content (AvgIpc) is 3.10. The van der Waals surface area contributed by atoms with Crippen molar-refractivity contribution in [2.24, 2.45) is 7.05 Å². The summed E-state index contributed by atoms with van der Waals surface area (Å²) in [7, 11) is 1.67. The molecule has 0 fully saturated rings. The summed E-state index contributed by atoms with van der Waals surface area (Å²) in [5, 5.41) is 15.5. The molecule has 1 heterocycles. The molecule has 12 heteroatoms. The van der Waals surface area contributed by atoms with Gasteiger partial charge in [-0.05, 0) is 24.6 Å². The van der Waals surface area contributed by atoms with E-state index in [1.165, 1.54) is 23.0 Å². The fourth-order valence-electron chi connectivity index (χ4n) is 2.39. The first kappa shape index (κ1) is 24.1. The van der Waals surface area contributed by atoms with Gasteiger partial charge in [0, 0.05) is 18.8 Å². The van der Waals surface area contributed by atoms with Crippen LogP contribution in [0.2, 0.25) is 0 Å². The molecule has 0 saturated heterocycles. The number of hydrogen-bond acceptors (Lipinski definition) is 5. The lowest BCUT2D eigenvalue weighted by Crippen LogP contribution is -2.38. The molecule has 0 unspecified atom stereocenters. The van der Waals surface area contributed by atoms with E-state index in [9.17, 15) is 31.9 Å². The predicted molar refractivity (Wildman–Crippen MR) is 97.2 cm³/mol. The van der Waals surface area contributed by atoms with Crippen LogP contribution in [0.5, 0.6) is 5.75 Å². The molecule has 0 bridgehead atoms. The number of carbonyl (C=O) groups is 1. The van der Waals surface area contributed by atoms with Gasteiger partial charge in [-0.1, -0.05) is 11.8 Å². The fourth-order valence-corrected chi connectivity index (χ4v) is 2.39. The number of rotatable bonds is 8. The van der Waals surface area contributed by atoms with Crippen LogP contribution >= 0.6 is 0 Å². The van der Waals surface area contributed by atoms with Crippen LogP contribution in [0.4, 0.5) is 22.0 Å². The van der Waals surface area contributed by atoms with E-state index in [2.05, 4.69) is 31.7 Å². The second kappa shape index (κ2) is 10.7. The van der Waals surface area contributed by atoms with E-state index in [4.69, 9.17) is 0 Å². The first-order valence-electron chi connectivity index (χ1n) is 8.79. The number of benzene rings is 1. The number of aliphatic hydroxyl groups is 1. The van der Waals surface area contributed by atoms with Crippen LogP contribution in [0.15, 0.2) is 30.6 Å². The summed E-state index contributed by atoms with van der Waals surface area (Å²) in [6.45, 7) is -4.52. The van der Waals surface area contributed by atoms with Gasteiger partial charge in [0.2, 0.25) is 0 Å². The van der Waals surface area contributed by atoms with Gasteiger partial charge in [0.15, 0.2) is 0 Å². The standard InChI is InChI=1S/C19H18F5N3O4/c1-27-10-12(9-25-27)2-3-13-8-14(4-5-16(13)31-18(20)21)17(29)26-15(11-28)6-7-30-19(22,23)24/h4-5,8-10,15,18,28H,6-7,11H2,1H3,(H,26,29)/t15-/m0/s1. The van der Waals surface area contributed by atoms with Gasteiger partial charge in [0.25, 0.3) is 5.91 Å². The topological polar surface area (TPSA) is 85.6 Å². The van der Waals surface area contributed by atoms with Crippen molar-refractivity contribution in [1.82, 2.24) is 15.1 Å². The minimum absolute atomic E-state index is 0.0160. The highest BCUT2D eigenvalue weighted by atomic mass is 19.4. The minimum atomic E-state index is -4.83. The van der Waals surface area contributed by atoms with Crippen LogP contribution in [-0.2, 0) is 11.8 Å². The number of aromatic nitrogens is 2. The first-order chi connectivity index (χ1) is 14.6. The maximum Gasteiger partial charge on any atom is 0.522 e. The van der Waals surface area contributed by atoms with Gasteiger partial charge in [-0.2, -0.15) is 13.9 Å². The summed E-state index contributed by atoms with van der Waals surface area (Å²) >= 11 is 0. The summed E-state index contributed by atoms with van der Waals surface area (Å²) in [5.74, 6) is 4.31. The number of aryl methyl sites for hydroxylation is 1. The molecule has 0 aliphatic heterocycles. The molecule has 2 rings (SSSR count). The van der Waals surface area contributed by atoms with Crippen LogP contribution in [-0.4, -0.2) is 53.0 Å². The fraction of sp³-hybridized carbons (Fsp3) is 0.368. The predicted octanol–water partition coefficient (Wildman–Crippen LogP) is 2.44. The molecule has 31 heavy (non-hydrogen) atoms. The van der Waals surface area contributed by atoms with E-state index in [-0.39, 0.29) is 23.3 Å². The Morgan fingerprint density at radius 2 is 2.06 bits per heavy atom. The number of ether oxygens (including phenoxy) is 2. The number of carbonyl (C=O) groups excluding carboxylic acids is 1. The van der Waals surface area contributed by atoms with Crippen molar-refractivity contribution in [3.8, 4) is 17.6 Å². The van der Waals surface area contributed by atoms with Crippen molar-refractivity contribution in [3.05, 3.63) is 47.3 Å². The Morgan fingerprint density at radius 1 is 1.32 bits per heavy atom. The van der Waals surface area contributed by atoms with Crippen molar-refractivity contribution < 1.29 is 41.3 Å². The zero-order chi connectivity index (χ0) is 23.0. The van der Waals surface area contributed by atoms with Crippen molar-refractivity contribution in [3.63, 3.8) is 0 Å². The lowest BCUT2D eigenvalue weighted by molar-refractivity contribution is -0.325. The van der Waals surface area contributed by atoms with Crippen molar-refractivity contribution in [2.45, 2.75) is 25.4 Å². The summed E-state index contributed by atoms with van der Waals surface area (Å²) in [6.07, 6.45) is -2.09. The Kier molecular flexibility index (Phi) is 8.35. The maximum atomic E-state index is 12.7. The molecule has 1 aromatic heterocycles. The molecule has 0 spiro atoms. The average molecular weight is 447 g/mol. The van der Waals surface area contributed by atoms with Crippen molar-refractivity contribution in [2.75, 3.05) is 13.2 Å². The second-order valence-electron chi connectivity index (χ2n) is 6.18. The molecule has 0 aliphatic rings. The van der Waals surface area contributed by atoms with E-state index in [1.807, 2.05) is 0 Å². The third-order valence-electron chi connectivity index (χ3n) is 3.79. The Balaban J connectivity index is 2.17. The van der Waals surface area contributed by atoms with Gasteiger partial charge < -0.3 is 15.2 Å². The van der Waals surface area contributed by atoms with Gasteiger partial charge in [-0.3, -0.25) is 14.2 Å². The lowest BCUT2D eigenvalue weighted by atomic mass is 10.1. The number of aliphatic hydroxyl groups excluding tert-OH is 1. The number of nitrogens with zero attached hydrogens (tertiary/aromatic N) is 2. The van der Waals surface area contributed by atoms with Crippen LogP contribution in [0, 0.1) is 11.8 Å². The van der Waals surface area contributed by atoms with Crippen LogP contribution in [0.25, 0.3) is 0 Å². The Labute approximate surface area is 173 Å². The highest BCUT2D eigenvalue weighted by molar-refractivity contribution is 5.95. The van der Waals surface area contributed by atoms with Crippen molar-refractivity contribution in [1.29, 1.82) is 0 Å². The molecule has 1 amide bonds. The van der Waals surface area contributed by atoms with E-state index in [0.29, 0.717) is 5.56 Å². The highest BCUT2D eigenvalue weighted by Crippen LogP contribution is 2.22. The second-order valence-corrected chi connectivity index (χ2v) is 6.18.